The number of aliphatic hydroxyl groups excluding tert-OH is 1. The molecule has 15 nitrogen and oxygen atoms in total. The van der Waals surface area contributed by atoms with E-state index in [1.54, 1.807) is 78.4 Å². The summed E-state index contributed by atoms with van der Waals surface area (Å²) in [5.41, 5.74) is 1.67. The van der Waals surface area contributed by atoms with E-state index in [2.05, 4.69) is 16.0 Å². The van der Waals surface area contributed by atoms with Crippen molar-refractivity contribution in [2.24, 2.45) is 5.92 Å². The SMILES string of the molecule is C[C@@H]1CN([C@@H](C)CO)C(=O)c2cc(NC(=O)Nc3ccc4c(c3)OCO4)ccc2O[C@@H](C)CCCCO[C@@H]1CN(C)C(=O)Nc1ccc2c(c1)OCO2. The average Bonchev–Trinajstić information content (AvgIpc) is 3.82. The topological polar surface area (TPSA) is 169 Å². The van der Waals surface area contributed by atoms with Gasteiger partial charge in [0.25, 0.3) is 5.91 Å². The summed E-state index contributed by atoms with van der Waals surface area (Å²) in [7, 11) is 1.69. The lowest BCUT2D eigenvalue weighted by Crippen LogP contribution is -2.48. The zero-order valence-electron chi connectivity index (χ0n) is 30.4. The van der Waals surface area contributed by atoms with Gasteiger partial charge in [-0.3, -0.25) is 4.79 Å². The second-order valence-corrected chi connectivity index (χ2v) is 13.5. The number of ether oxygens (including phenoxy) is 6. The molecule has 15 heteroatoms. The van der Waals surface area contributed by atoms with Gasteiger partial charge in [-0.05, 0) is 75.6 Å². The molecule has 0 aliphatic carbocycles. The molecule has 3 aliphatic heterocycles. The fraction of sp³-hybridized carbons (Fsp3) is 0.447. The number of urea groups is 2. The fourth-order valence-electron chi connectivity index (χ4n) is 6.28. The summed E-state index contributed by atoms with van der Waals surface area (Å²) >= 11 is 0. The van der Waals surface area contributed by atoms with Crippen molar-refractivity contribution >= 4 is 35.0 Å². The minimum absolute atomic E-state index is 0.116. The fourth-order valence-corrected chi connectivity index (χ4v) is 6.28. The van der Waals surface area contributed by atoms with Crippen molar-refractivity contribution in [1.82, 2.24) is 9.80 Å². The summed E-state index contributed by atoms with van der Waals surface area (Å²) < 4.78 is 34.3. The van der Waals surface area contributed by atoms with E-state index >= 15 is 0 Å². The number of hydrogen-bond donors (Lipinski definition) is 4. The molecule has 0 aromatic heterocycles. The molecule has 3 aliphatic rings. The highest BCUT2D eigenvalue weighted by atomic mass is 16.7. The predicted octanol–water partition coefficient (Wildman–Crippen LogP) is 5.75. The lowest BCUT2D eigenvalue weighted by molar-refractivity contribution is -0.0115. The van der Waals surface area contributed by atoms with E-state index in [9.17, 15) is 19.5 Å². The highest BCUT2D eigenvalue weighted by molar-refractivity contribution is 6.02. The van der Waals surface area contributed by atoms with Gasteiger partial charge in [-0.25, -0.2) is 9.59 Å². The molecule has 3 aromatic rings. The molecule has 6 rings (SSSR count). The summed E-state index contributed by atoms with van der Waals surface area (Å²) in [5.74, 6) is 2.04. The van der Waals surface area contributed by atoms with Gasteiger partial charge in [-0.15, -0.1) is 0 Å². The third-order valence-electron chi connectivity index (χ3n) is 9.36. The highest BCUT2D eigenvalue weighted by Gasteiger charge is 2.31. The molecule has 0 saturated carbocycles. The van der Waals surface area contributed by atoms with Crippen LogP contribution in [0.15, 0.2) is 54.6 Å². The Kier molecular flexibility index (Phi) is 11.9. The number of hydrogen-bond acceptors (Lipinski definition) is 10. The number of nitrogens with zero attached hydrogens (tertiary/aromatic N) is 2. The van der Waals surface area contributed by atoms with E-state index in [-0.39, 0.29) is 62.8 Å². The normalized spacial score (nSPS) is 20.4. The van der Waals surface area contributed by atoms with Crippen molar-refractivity contribution < 1.29 is 47.9 Å². The van der Waals surface area contributed by atoms with Gasteiger partial charge in [0.05, 0.1) is 30.4 Å². The first-order chi connectivity index (χ1) is 25.6. The summed E-state index contributed by atoms with van der Waals surface area (Å²) in [6, 6.07) is 13.8. The van der Waals surface area contributed by atoms with E-state index in [4.69, 9.17) is 28.4 Å². The van der Waals surface area contributed by atoms with Gasteiger partial charge in [0.2, 0.25) is 13.6 Å². The van der Waals surface area contributed by atoms with Crippen LogP contribution in [-0.4, -0.2) is 98.1 Å². The molecule has 3 heterocycles. The van der Waals surface area contributed by atoms with Gasteiger partial charge >= 0.3 is 12.1 Å². The van der Waals surface area contributed by atoms with E-state index in [0.29, 0.717) is 58.8 Å². The highest BCUT2D eigenvalue weighted by Crippen LogP contribution is 2.35. The molecule has 4 N–H and O–H groups in total. The Morgan fingerprint density at radius 2 is 1.43 bits per heavy atom. The Balaban J connectivity index is 1.19. The van der Waals surface area contributed by atoms with Crippen LogP contribution in [0.3, 0.4) is 0 Å². The lowest BCUT2D eigenvalue weighted by Gasteiger charge is -2.35. The number of aliphatic hydroxyl groups is 1. The first kappa shape index (κ1) is 37.4. The largest absolute Gasteiger partial charge is 0.490 e. The summed E-state index contributed by atoms with van der Waals surface area (Å²) in [4.78, 5) is 43.9. The predicted molar refractivity (Wildman–Crippen MR) is 196 cm³/mol. The van der Waals surface area contributed by atoms with Crippen LogP contribution in [-0.2, 0) is 4.74 Å². The number of rotatable bonds is 7. The molecule has 53 heavy (non-hydrogen) atoms. The molecule has 3 aromatic carbocycles. The molecule has 0 radical (unpaired) electrons. The van der Waals surface area contributed by atoms with Crippen molar-refractivity contribution in [3.05, 3.63) is 60.2 Å². The maximum atomic E-state index is 14.5. The minimum Gasteiger partial charge on any atom is -0.490 e. The molecular formula is C38H47N5O10. The zero-order chi connectivity index (χ0) is 37.5. The van der Waals surface area contributed by atoms with Gasteiger partial charge in [-0.1, -0.05) is 6.92 Å². The van der Waals surface area contributed by atoms with Gasteiger partial charge < -0.3 is 59.3 Å². The number of carbonyl (C=O) groups is 3. The Morgan fingerprint density at radius 3 is 2.08 bits per heavy atom. The van der Waals surface area contributed by atoms with Crippen LogP contribution in [0.4, 0.5) is 26.7 Å². The van der Waals surface area contributed by atoms with Crippen LogP contribution in [0, 0.1) is 5.92 Å². The first-order valence-electron chi connectivity index (χ1n) is 17.8. The molecule has 0 bridgehead atoms. The number of carbonyl (C=O) groups excluding carboxylic acids is 3. The van der Waals surface area contributed by atoms with Gasteiger partial charge in [0.1, 0.15) is 5.75 Å². The third-order valence-corrected chi connectivity index (χ3v) is 9.36. The van der Waals surface area contributed by atoms with E-state index in [0.717, 1.165) is 12.8 Å². The van der Waals surface area contributed by atoms with Crippen LogP contribution in [0.1, 0.15) is 50.4 Å². The summed E-state index contributed by atoms with van der Waals surface area (Å²) in [6.45, 7) is 6.54. The monoisotopic (exact) mass is 733 g/mol. The van der Waals surface area contributed by atoms with Crippen LogP contribution >= 0.6 is 0 Å². The smallest absolute Gasteiger partial charge is 0.323 e. The number of benzene rings is 3. The number of likely N-dealkylation sites (N-methyl/N-ethyl adjacent to an activating group) is 1. The van der Waals surface area contributed by atoms with Crippen molar-refractivity contribution in [2.75, 3.05) is 62.9 Å². The average molecular weight is 734 g/mol. The molecule has 0 unspecified atom stereocenters. The molecule has 4 atom stereocenters. The standard InChI is InChI=1S/C38H47N5O10/c1-23-18-43(24(2)20-44)36(45)29-15-26(39-37(46)40-27-9-12-31-33(16-27)51-21-49-31)8-11-30(29)53-25(3)7-5-6-14-48-35(23)19-42(4)38(47)41-28-10-13-32-34(17-28)52-22-50-32/h8-13,15-17,23-25,35,44H,5-7,14,18-22H2,1-4H3,(H,41,47)(H2,39,40,46)/t23-,24+,25+,35-/m1/s1. The van der Waals surface area contributed by atoms with Crippen LogP contribution in [0.25, 0.3) is 0 Å². The Hall–Kier alpha value is -5.41. The molecule has 0 saturated heterocycles. The Labute approximate surface area is 308 Å². The molecule has 0 fully saturated rings. The Bertz CT molecular complexity index is 1790. The minimum atomic E-state index is -0.568. The Morgan fingerprint density at radius 1 is 0.849 bits per heavy atom. The van der Waals surface area contributed by atoms with Crippen molar-refractivity contribution in [2.45, 2.75) is 58.3 Å². The van der Waals surface area contributed by atoms with E-state index in [1.807, 2.05) is 13.8 Å². The summed E-state index contributed by atoms with van der Waals surface area (Å²) in [6.07, 6.45) is 1.64. The lowest BCUT2D eigenvalue weighted by atomic mass is 10.0. The second kappa shape index (κ2) is 16.9. The van der Waals surface area contributed by atoms with Crippen LogP contribution in [0.5, 0.6) is 28.7 Å². The molecule has 0 spiro atoms. The molecule has 5 amide bonds. The van der Waals surface area contributed by atoms with E-state index in [1.165, 1.54) is 0 Å². The van der Waals surface area contributed by atoms with Gasteiger partial charge in [0.15, 0.2) is 23.0 Å². The molecule has 284 valence electrons. The van der Waals surface area contributed by atoms with E-state index < -0.39 is 18.2 Å². The zero-order valence-corrected chi connectivity index (χ0v) is 30.4. The van der Waals surface area contributed by atoms with Crippen molar-refractivity contribution in [3.63, 3.8) is 0 Å². The van der Waals surface area contributed by atoms with Gasteiger partial charge in [0, 0.05) is 61.9 Å². The second-order valence-electron chi connectivity index (χ2n) is 13.5. The van der Waals surface area contributed by atoms with Crippen molar-refractivity contribution in [3.8, 4) is 28.7 Å². The maximum absolute atomic E-state index is 14.5. The number of nitrogens with one attached hydrogen (secondary N) is 3. The first-order valence-corrected chi connectivity index (χ1v) is 17.8. The maximum Gasteiger partial charge on any atom is 0.323 e. The number of fused-ring (bicyclic) bond motifs is 3. The number of anilines is 3. The van der Waals surface area contributed by atoms with Crippen LogP contribution < -0.4 is 39.6 Å². The van der Waals surface area contributed by atoms with Crippen molar-refractivity contribution in [1.29, 1.82) is 0 Å². The number of amides is 5. The quantitative estimate of drug-likeness (QED) is 0.235. The third kappa shape index (κ3) is 9.34. The van der Waals surface area contributed by atoms with Gasteiger partial charge in [-0.2, -0.15) is 0 Å². The van der Waals surface area contributed by atoms with Crippen LogP contribution in [0.2, 0.25) is 0 Å². The molecular weight excluding hydrogens is 686 g/mol. The summed E-state index contributed by atoms with van der Waals surface area (Å²) in [5, 5.41) is 18.8.